The quantitative estimate of drug-likeness (QED) is 0.732. The first kappa shape index (κ1) is 18.0. The van der Waals surface area contributed by atoms with Crippen molar-refractivity contribution in [2.45, 2.75) is 45.1 Å². The Kier molecular flexibility index (Phi) is 4.41. The average molecular weight is 392 g/mol. The van der Waals surface area contributed by atoms with Crippen molar-refractivity contribution in [3.63, 3.8) is 0 Å². The third kappa shape index (κ3) is 3.54. The number of rotatable bonds is 4. The number of nitrogens with one attached hydrogen (secondary N) is 1. The minimum atomic E-state index is -0.272. The van der Waals surface area contributed by atoms with Crippen LogP contribution in [0, 0.1) is 12.8 Å². The van der Waals surface area contributed by atoms with Crippen LogP contribution in [0.2, 0.25) is 0 Å². The highest BCUT2D eigenvalue weighted by Crippen LogP contribution is 2.33. The monoisotopic (exact) mass is 392 g/mol. The second-order valence-electron chi connectivity index (χ2n) is 8.25. The van der Waals surface area contributed by atoms with Gasteiger partial charge in [0.15, 0.2) is 11.2 Å². The third-order valence-electron chi connectivity index (χ3n) is 5.89. The number of fused-ring (bicyclic) bond motifs is 1. The van der Waals surface area contributed by atoms with Gasteiger partial charge in [-0.05, 0) is 38.2 Å². The van der Waals surface area contributed by atoms with E-state index < -0.39 is 0 Å². The molecule has 2 aliphatic rings. The van der Waals surface area contributed by atoms with Crippen LogP contribution in [0.15, 0.2) is 29.1 Å². The highest BCUT2D eigenvalue weighted by Gasteiger charge is 2.36. The zero-order valence-electron chi connectivity index (χ0n) is 16.5. The van der Waals surface area contributed by atoms with Crippen molar-refractivity contribution in [2.75, 3.05) is 13.1 Å². The van der Waals surface area contributed by atoms with Crippen LogP contribution in [-0.4, -0.2) is 48.9 Å². The van der Waals surface area contributed by atoms with Gasteiger partial charge in [0, 0.05) is 24.9 Å². The van der Waals surface area contributed by atoms with Crippen LogP contribution in [-0.2, 0) is 11.3 Å². The number of benzene rings is 1. The lowest BCUT2D eigenvalue weighted by Crippen LogP contribution is -2.40. The molecule has 3 aromatic rings. The summed E-state index contributed by atoms with van der Waals surface area (Å²) in [6, 6.07) is 8.18. The average Bonchev–Trinajstić information content (AvgIpc) is 3.51. The molecule has 29 heavy (non-hydrogen) atoms. The lowest BCUT2D eigenvalue weighted by Gasteiger charge is -2.32. The number of H-pyrrole nitrogens is 1. The molecule has 5 rings (SSSR count). The van der Waals surface area contributed by atoms with Crippen LogP contribution in [0.5, 0.6) is 0 Å². The summed E-state index contributed by atoms with van der Waals surface area (Å²) in [6.45, 7) is 3.96. The first-order valence-electron chi connectivity index (χ1n) is 10.3. The van der Waals surface area contributed by atoms with Crippen LogP contribution < -0.4 is 5.56 Å². The van der Waals surface area contributed by atoms with E-state index in [1.807, 2.05) is 36.1 Å². The molecule has 1 atom stereocenters. The van der Waals surface area contributed by atoms with E-state index >= 15 is 0 Å². The van der Waals surface area contributed by atoms with Gasteiger partial charge >= 0.3 is 0 Å². The Morgan fingerprint density at radius 3 is 2.76 bits per heavy atom. The number of aryl methyl sites for hydroxylation is 1. The van der Waals surface area contributed by atoms with Crippen molar-refractivity contribution in [1.29, 1.82) is 0 Å². The topological polar surface area (TPSA) is 96.8 Å². The summed E-state index contributed by atoms with van der Waals surface area (Å²) in [5.74, 6) is 1.13. The SMILES string of the molecule is Cc1ccc(Cn2nnc3c(=O)[nH]c([C@@H]4CCCN(C(=O)C5CC5)C4)nc32)cc1. The molecule has 0 spiro atoms. The minimum absolute atomic E-state index is 0.0336. The smallest absolute Gasteiger partial charge is 0.281 e. The molecular weight excluding hydrogens is 368 g/mol. The predicted octanol–water partition coefficient (Wildman–Crippen LogP) is 1.99. The maximum atomic E-state index is 12.6. The van der Waals surface area contributed by atoms with Crippen molar-refractivity contribution in [3.8, 4) is 0 Å². The minimum Gasteiger partial charge on any atom is -0.342 e. The third-order valence-corrected chi connectivity index (χ3v) is 5.89. The number of nitrogens with zero attached hydrogens (tertiary/aromatic N) is 5. The summed E-state index contributed by atoms with van der Waals surface area (Å²) in [6.07, 6.45) is 3.84. The number of piperidine rings is 1. The summed E-state index contributed by atoms with van der Waals surface area (Å²) < 4.78 is 1.68. The molecule has 0 bridgehead atoms. The van der Waals surface area contributed by atoms with Gasteiger partial charge in [0.05, 0.1) is 6.54 Å². The molecule has 1 N–H and O–H groups in total. The second-order valence-corrected chi connectivity index (χ2v) is 8.25. The summed E-state index contributed by atoms with van der Waals surface area (Å²) in [7, 11) is 0. The Hall–Kier alpha value is -3.03. The van der Waals surface area contributed by atoms with E-state index in [1.165, 1.54) is 5.56 Å². The maximum absolute atomic E-state index is 12.6. The molecule has 3 heterocycles. The molecule has 1 saturated carbocycles. The van der Waals surface area contributed by atoms with Crippen molar-refractivity contribution in [2.24, 2.45) is 5.92 Å². The van der Waals surface area contributed by atoms with Gasteiger partial charge in [0.1, 0.15) is 5.82 Å². The van der Waals surface area contributed by atoms with Crippen molar-refractivity contribution < 1.29 is 4.79 Å². The molecule has 1 aliphatic heterocycles. The summed E-state index contributed by atoms with van der Waals surface area (Å²) in [5.41, 5.74) is 2.74. The molecule has 150 valence electrons. The van der Waals surface area contributed by atoms with E-state index in [1.54, 1.807) is 4.68 Å². The van der Waals surface area contributed by atoms with Gasteiger partial charge in [0.2, 0.25) is 5.91 Å². The number of carbonyl (C=O) groups is 1. The zero-order valence-corrected chi connectivity index (χ0v) is 16.5. The van der Waals surface area contributed by atoms with Gasteiger partial charge in [-0.15, -0.1) is 5.10 Å². The zero-order chi connectivity index (χ0) is 20.0. The molecule has 2 fully saturated rings. The van der Waals surface area contributed by atoms with E-state index in [-0.39, 0.29) is 28.8 Å². The number of carbonyl (C=O) groups excluding carboxylic acids is 1. The van der Waals surface area contributed by atoms with Gasteiger partial charge in [0.25, 0.3) is 5.56 Å². The van der Waals surface area contributed by atoms with Crippen molar-refractivity contribution in [3.05, 3.63) is 51.6 Å². The number of aromatic nitrogens is 5. The first-order chi connectivity index (χ1) is 14.1. The number of hydrogen-bond donors (Lipinski definition) is 1. The molecule has 1 amide bonds. The van der Waals surface area contributed by atoms with E-state index in [4.69, 9.17) is 4.98 Å². The molecule has 1 saturated heterocycles. The molecule has 0 unspecified atom stereocenters. The molecule has 8 nitrogen and oxygen atoms in total. The van der Waals surface area contributed by atoms with Crippen LogP contribution in [0.1, 0.15) is 48.6 Å². The number of hydrogen-bond acceptors (Lipinski definition) is 5. The Bertz CT molecular complexity index is 1110. The second kappa shape index (κ2) is 7.09. The van der Waals surface area contributed by atoms with Crippen LogP contribution in [0.3, 0.4) is 0 Å². The lowest BCUT2D eigenvalue weighted by molar-refractivity contribution is -0.133. The van der Waals surface area contributed by atoms with Gasteiger partial charge in [-0.25, -0.2) is 9.67 Å². The molecular formula is C21H24N6O2. The van der Waals surface area contributed by atoms with Crippen LogP contribution >= 0.6 is 0 Å². The molecule has 8 heteroatoms. The maximum Gasteiger partial charge on any atom is 0.281 e. The lowest BCUT2D eigenvalue weighted by atomic mass is 9.96. The Morgan fingerprint density at radius 1 is 1.21 bits per heavy atom. The van der Waals surface area contributed by atoms with Crippen molar-refractivity contribution >= 4 is 17.1 Å². The number of amides is 1. The fraction of sp³-hybridized carbons (Fsp3) is 0.476. The van der Waals surface area contributed by atoms with Gasteiger partial charge in [-0.1, -0.05) is 35.0 Å². The largest absolute Gasteiger partial charge is 0.342 e. The Labute approximate surface area is 167 Å². The fourth-order valence-electron chi connectivity index (χ4n) is 4.04. The molecule has 1 aromatic carbocycles. The van der Waals surface area contributed by atoms with E-state index in [0.717, 1.165) is 37.8 Å². The molecule has 2 aromatic heterocycles. The van der Waals surface area contributed by atoms with Gasteiger partial charge in [-0.2, -0.15) is 0 Å². The summed E-state index contributed by atoms with van der Waals surface area (Å²) in [4.78, 5) is 34.6. The Morgan fingerprint density at radius 2 is 2.00 bits per heavy atom. The molecule has 0 radical (unpaired) electrons. The normalized spacial score (nSPS) is 19.6. The highest BCUT2D eigenvalue weighted by atomic mass is 16.2. The van der Waals surface area contributed by atoms with Crippen molar-refractivity contribution in [1.82, 2.24) is 29.9 Å². The van der Waals surface area contributed by atoms with E-state index in [2.05, 4.69) is 15.3 Å². The standard InChI is InChI=1S/C21H24N6O2/c1-13-4-6-14(7-5-13)11-27-19-17(24-25-27)20(28)23-18(22-19)16-3-2-10-26(12-16)21(29)15-8-9-15/h4-7,15-16H,2-3,8-12H2,1H3,(H,22,23,28)/t16-/m1/s1. The van der Waals surface area contributed by atoms with Gasteiger partial charge < -0.3 is 9.88 Å². The Balaban J connectivity index is 1.44. The summed E-state index contributed by atoms with van der Waals surface area (Å²) >= 11 is 0. The van der Waals surface area contributed by atoms with Crippen LogP contribution in [0.4, 0.5) is 0 Å². The number of aromatic amines is 1. The predicted molar refractivity (Wildman–Crippen MR) is 108 cm³/mol. The fourth-order valence-corrected chi connectivity index (χ4v) is 4.04. The van der Waals surface area contributed by atoms with E-state index in [9.17, 15) is 9.59 Å². The van der Waals surface area contributed by atoms with Crippen LogP contribution in [0.25, 0.3) is 11.2 Å². The highest BCUT2D eigenvalue weighted by molar-refractivity contribution is 5.81. The van der Waals surface area contributed by atoms with E-state index in [0.29, 0.717) is 24.6 Å². The van der Waals surface area contributed by atoms with Gasteiger partial charge in [-0.3, -0.25) is 9.59 Å². The first-order valence-corrected chi connectivity index (χ1v) is 10.3. The number of likely N-dealkylation sites (tertiary alicyclic amines) is 1. The summed E-state index contributed by atoms with van der Waals surface area (Å²) in [5, 5.41) is 8.19. The molecule has 1 aliphatic carbocycles.